The van der Waals surface area contributed by atoms with Crippen molar-refractivity contribution >= 4 is 23.4 Å². The third-order valence-electron chi connectivity index (χ3n) is 4.74. The summed E-state index contributed by atoms with van der Waals surface area (Å²) in [6.45, 7) is 0.377. The molecule has 0 spiro atoms. The van der Waals surface area contributed by atoms with Crippen LogP contribution in [0, 0.1) is 5.82 Å². The highest BCUT2D eigenvalue weighted by atomic mass is 35.5. The number of carbonyl (C=O) groups excluding carboxylic acids is 2. The van der Waals surface area contributed by atoms with Crippen LogP contribution in [0.4, 0.5) is 4.39 Å². The van der Waals surface area contributed by atoms with E-state index >= 15 is 0 Å². The molecule has 4 aromatic rings. The van der Waals surface area contributed by atoms with Gasteiger partial charge in [-0.25, -0.2) is 4.39 Å². The Morgan fingerprint density at radius 1 is 0.939 bits per heavy atom. The Morgan fingerprint density at radius 3 is 2.42 bits per heavy atom. The molecule has 4 rings (SSSR count). The summed E-state index contributed by atoms with van der Waals surface area (Å²) in [5, 5.41) is 12.6. The van der Waals surface area contributed by atoms with Gasteiger partial charge in [0, 0.05) is 21.7 Å². The second-order valence-corrected chi connectivity index (χ2v) is 7.49. The van der Waals surface area contributed by atoms with E-state index in [0.717, 1.165) is 11.1 Å². The van der Waals surface area contributed by atoms with E-state index in [1.807, 2.05) is 30.3 Å². The van der Waals surface area contributed by atoms with Crippen molar-refractivity contribution < 1.29 is 14.0 Å². The van der Waals surface area contributed by atoms with Crippen molar-refractivity contribution in [2.45, 2.75) is 13.0 Å². The van der Waals surface area contributed by atoms with Gasteiger partial charge in [-0.05, 0) is 35.0 Å². The average Bonchev–Trinajstić information content (AvgIpc) is 3.29. The minimum absolute atomic E-state index is 0.0624. The zero-order valence-electron chi connectivity index (χ0n) is 17.2. The van der Waals surface area contributed by atoms with Crippen LogP contribution in [-0.4, -0.2) is 32.0 Å². The van der Waals surface area contributed by atoms with Crippen molar-refractivity contribution in [2.75, 3.05) is 0 Å². The smallest absolute Gasteiger partial charge is 0.269 e. The zero-order chi connectivity index (χ0) is 23.2. The molecule has 1 aromatic heterocycles. The summed E-state index contributed by atoms with van der Waals surface area (Å²) in [4.78, 5) is 25.8. The summed E-state index contributed by atoms with van der Waals surface area (Å²) in [7, 11) is 0. The first-order valence-electron chi connectivity index (χ1n) is 9.94. The Bertz CT molecular complexity index is 1260. The molecule has 10 heteroatoms. The van der Waals surface area contributed by atoms with Gasteiger partial charge in [0.2, 0.25) is 11.7 Å². The Labute approximate surface area is 193 Å². The van der Waals surface area contributed by atoms with E-state index in [2.05, 4.69) is 26.3 Å². The number of hydrazine groups is 1. The molecule has 0 saturated heterocycles. The first-order valence-corrected chi connectivity index (χ1v) is 10.3. The second-order valence-electron chi connectivity index (χ2n) is 7.09. The van der Waals surface area contributed by atoms with Crippen LogP contribution < -0.4 is 10.9 Å². The molecule has 0 aliphatic carbocycles. The largest absolute Gasteiger partial charge is 0.273 e. The first kappa shape index (κ1) is 22.1. The molecule has 1 heterocycles. The number of nitrogens with zero attached hydrogens (tertiary/aromatic N) is 4. The van der Waals surface area contributed by atoms with E-state index in [0.29, 0.717) is 17.9 Å². The predicted octanol–water partition coefficient (Wildman–Crippen LogP) is 3.18. The van der Waals surface area contributed by atoms with Gasteiger partial charge >= 0.3 is 0 Å². The standard InChI is InChI=1S/C23H18ClFN6O2/c24-19-7-4-8-20(25)18(19)13-21(32)26-28-23(33)17-11-9-15(10-12-17)14-31-29-22(27-30-31)16-5-2-1-3-6-16/h1-12H,13-14H2,(H,26,32)(H,28,33). The highest BCUT2D eigenvalue weighted by molar-refractivity contribution is 6.31. The summed E-state index contributed by atoms with van der Waals surface area (Å²) >= 11 is 5.92. The summed E-state index contributed by atoms with van der Waals surface area (Å²) in [5.41, 5.74) is 6.69. The van der Waals surface area contributed by atoms with Gasteiger partial charge in [0.25, 0.3) is 5.91 Å². The van der Waals surface area contributed by atoms with E-state index in [4.69, 9.17) is 11.6 Å². The maximum Gasteiger partial charge on any atom is 0.269 e. The first-order chi connectivity index (χ1) is 16.0. The van der Waals surface area contributed by atoms with E-state index in [1.165, 1.54) is 23.0 Å². The third kappa shape index (κ3) is 5.58. The minimum Gasteiger partial charge on any atom is -0.273 e. The SMILES string of the molecule is O=C(Cc1c(F)cccc1Cl)NNC(=O)c1ccc(Cn2nnc(-c3ccccc3)n2)cc1. The second kappa shape index (κ2) is 10.0. The Kier molecular flexibility index (Phi) is 6.70. The van der Waals surface area contributed by atoms with E-state index < -0.39 is 17.6 Å². The van der Waals surface area contributed by atoms with Gasteiger partial charge < -0.3 is 0 Å². The molecular weight excluding hydrogens is 447 g/mol. The Balaban J connectivity index is 1.31. The van der Waals surface area contributed by atoms with Crippen LogP contribution in [0.2, 0.25) is 5.02 Å². The molecule has 0 aliphatic rings. The number of nitrogens with one attached hydrogen (secondary N) is 2. The molecule has 8 nitrogen and oxygen atoms in total. The van der Waals surface area contributed by atoms with Crippen LogP contribution in [0.5, 0.6) is 0 Å². The number of hydrogen-bond acceptors (Lipinski definition) is 5. The molecule has 0 fully saturated rings. The van der Waals surface area contributed by atoms with Gasteiger partial charge in [-0.15, -0.1) is 10.2 Å². The zero-order valence-corrected chi connectivity index (χ0v) is 18.0. The molecule has 0 bridgehead atoms. The van der Waals surface area contributed by atoms with Crippen LogP contribution in [0.25, 0.3) is 11.4 Å². The van der Waals surface area contributed by atoms with Crippen LogP contribution in [0.1, 0.15) is 21.5 Å². The lowest BCUT2D eigenvalue weighted by atomic mass is 10.1. The fourth-order valence-corrected chi connectivity index (χ4v) is 3.27. The quantitative estimate of drug-likeness (QED) is 0.427. The lowest BCUT2D eigenvalue weighted by Crippen LogP contribution is -2.42. The maximum absolute atomic E-state index is 13.8. The van der Waals surface area contributed by atoms with Gasteiger partial charge in [-0.3, -0.25) is 20.4 Å². The number of aromatic nitrogens is 4. The van der Waals surface area contributed by atoms with E-state index in [-0.39, 0.29) is 17.0 Å². The molecule has 0 radical (unpaired) electrons. The van der Waals surface area contributed by atoms with E-state index in [9.17, 15) is 14.0 Å². The normalized spacial score (nSPS) is 10.6. The summed E-state index contributed by atoms with van der Waals surface area (Å²) in [5.74, 6) is -1.17. The molecule has 2 amide bonds. The van der Waals surface area contributed by atoms with E-state index in [1.54, 1.807) is 24.3 Å². The highest BCUT2D eigenvalue weighted by Crippen LogP contribution is 2.19. The summed E-state index contributed by atoms with van der Waals surface area (Å²) in [6, 6.07) is 20.4. The van der Waals surface area contributed by atoms with Crippen molar-refractivity contribution in [3.8, 4) is 11.4 Å². The number of carbonyl (C=O) groups is 2. The predicted molar refractivity (Wildman–Crippen MR) is 120 cm³/mol. The number of amides is 2. The lowest BCUT2D eigenvalue weighted by molar-refractivity contribution is -0.121. The number of rotatable bonds is 6. The Hall–Kier alpha value is -4.11. The van der Waals surface area contributed by atoms with Gasteiger partial charge in [0.1, 0.15) is 5.82 Å². The van der Waals surface area contributed by atoms with Crippen molar-refractivity contribution in [3.63, 3.8) is 0 Å². The fraction of sp³-hybridized carbons (Fsp3) is 0.0870. The minimum atomic E-state index is -0.599. The van der Waals surface area contributed by atoms with Gasteiger partial charge in [-0.2, -0.15) is 4.80 Å². The molecule has 0 atom stereocenters. The topological polar surface area (TPSA) is 102 Å². The van der Waals surface area contributed by atoms with Crippen molar-refractivity contribution in [3.05, 3.63) is 100 Å². The highest BCUT2D eigenvalue weighted by Gasteiger charge is 2.13. The number of benzene rings is 3. The Morgan fingerprint density at radius 2 is 1.70 bits per heavy atom. The molecule has 3 aromatic carbocycles. The summed E-state index contributed by atoms with van der Waals surface area (Å²) in [6.07, 6.45) is -0.305. The molecule has 0 saturated carbocycles. The average molecular weight is 465 g/mol. The molecule has 0 aliphatic heterocycles. The van der Waals surface area contributed by atoms with Crippen LogP contribution in [0.3, 0.4) is 0 Å². The molecular formula is C23H18ClFN6O2. The van der Waals surface area contributed by atoms with Crippen LogP contribution in [0.15, 0.2) is 72.8 Å². The van der Waals surface area contributed by atoms with Crippen molar-refractivity contribution in [1.29, 1.82) is 0 Å². The van der Waals surface area contributed by atoms with Gasteiger partial charge in [-0.1, -0.05) is 60.1 Å². The number of tetrazole rings is 1. The molecule has 0 unspecified atom stereocenters. The van der Waals surface area contributed by atoms with Crippen LogP contribution >= 0.6 is 11.6 Å². The van der Waals surface area contributed by atoms with Gasteiger partial charge in [0.05, 0.1) is 13.0 Å². The lowest BCUT2D eigenvalue weighted by Gasteiger charge is -2.09. The molecule has 166 valence electrons. The maximum atomic E-state index is 13.8. The number of halogens is 2. The number of hydrogen-bond donors (Lipinski definition) is 2. The summed E-state index contributed by atoms with van der Waals surface area (Å²) < 4.78 is 13.8. The molecule has 33 heavy (non-hydrogen) atoms. The third-order valence-corrected chi connectivity index (χ3v) is 5.09. The van der Waals surface area contributed by atoms with Crippen molar-refractivity contribution in [2.24, 2.45) is 0 Å². The monoisotopic (exact) mass is 464 g/mol. The van der Waals surface area contributed by atoms with Gasteiger partial charge in [0.15, 0.2) is 0 Å². The fourth-order valence-electron chi connectivity index (χ4n) is 3.04. The van der Waals surface area contributed by atoms with Crippen LogP contribution in [-0.2, 0) is 17.8 Å². The molecule has 2 N–H and O–H groups in total. The van der Waals surface area contributed by atoms with Crippen molar-refractivity contribution in [1.82, 2.24) is 31.1 Å².